The number of hydrogen-bond donors (Lipinski definition) is 1. The Bertz CT molecular complexity index is 578. The molecule has 1 aromatic heterocycles. The summed E-state index contributed by atoms with van der Waals surface area (Å²) in [5.74, 6) is 0.308. The van der Waals surface area contributed by atoms with Crippen molar-refractivity contribution in [2.24, 2.45) is 5.92 Å². The van der Waals surface area contributed by atoms with Crippen molar-refractivity contribution in [2.45, 2.75) is 32.1 Å². The summed E-state index contributed by atoms with van der Waals surface area (Å²) in [7, 11) is -3.60. The lowest BCUT2D eigenvalue weighted by molar-refractivity contribution is 0.399. The first kappa shape index (κ1) is 17.4. The van der Waals surface area contributed by atoms with Gasteiger partial charge in [-0.1, -0.05) is 13.8 Å². The van der Waals surface area contributed by atoms with Crippen LogP contribution in [0.2, 0.25) is 0 Å². The van der Waals surface area contributed by atoms with Crippen molar-refractivity contribution in [1.82, 2.24) is 9.29 Å². The average molecular weight is 310 g/mol. The quantitative estimate of drug-likeness (QED) is 0.794. The molecule has 0 amide bonds. The largest absolute Gasteiger partial charge is 0.370 e. The van der Waals surface area contributed by atoms with Gasteiger partial charge in [-0.3, -0.25) is 0 Å². The van der Waals surface area contributed by atoms with E-state index in [0.717, 1.165) is 13.0 Å². The van der Waals surface area contributed by atoms with Crippen molar-refractivity contribution in [3.8, 4) is 6.07 Å². The van der Waals surface area contributed by atoms with Gasteiger partial charge in [-0.25, -0.2) is 13.4 Å². The summed E-state index contributed by atoms with van der Waals surface area (Å²) in [6.07, 6.45) is 2.32. The minimum absolute atomic E-state index is 0.150. The standard InChI is InChI=1S/C14H22N4O2S/c1-4-8-16-14-7-6-13(10-17-14)21(19,20)18(5-2)11-12(3)9-15/h6-7,10,12H,4-5,8,11H2,1-3H3,(H,16,17). The van der Waals surface area contributed by atoms with E-state index in [1.807, 2.05) is 6.92 Å². The van der Waals surface area contributed by atoms with Crippen molar-refractivity contribution in [1.29, 1.82) is 5.26 Å². The summed E-state index contributed by atoms with van der Waals surface area (Å²) < 4.78 is 26.3. The van der Waals surface area contributed by atoms with Crippen molar-refractivity contribution in [3.05, 3.63) is 18.3 Å². The van der Waals surface area contributed by atoms with Gasteiger partial charge in [-0.15, -0.1) is 0 Å². The molecule has 0 bridgehead atoms. The molecule has 116 valence electrons. The van der Waals surface area contributed by atoms with Crippen LogP contribution in [0, 0.1) is 17.2 Å². The fourth-order valence-corrected chi connectivity index (χ4v) is 3.27. The fourth-order valence-electron chi connectivity index (χ4n) is 1.78. The van der Waals surface area contributed by atoms with Crippen LogP contribution < -0.4 is 5.32 Å². The minimum Gasteiger partial charge on any atom is -0.370 e. The highest BCUT2D eigenvalue weighted by Gasteiger charge is 2.24. The molecule has 0 aliphatic carbocycles. The summed E-state index contributed by atoms with van der Waals surface area (Å²) in [6.45, 7) is 6.80. The number of aromatic nitrogens is 1. The highest BCUT2D eigenvalue weighted by Crippen LogP contribution is 2.17. The van der Waals surface area contributed by atoms with Crippen LogP contribution in [-0.4, -0.2) is 37.3 Å². The molecule has 0 aliphatic heterocycles. The first-order chi connectivity index (χ1) is 9.95. The summed E-state index contributed by atoms with van der Waals surface area (Å²) >= 11 is 0. The monoisotopic (exact) mass is 310 g/mol. The molecule has 0 radical (unpaired) electrons. The van der Waals surface area contributed by atoms with Crippen molar-refractivity contribution in [3.63, 3.8) is 0 Å². The van der Waals surface area contributed by atoms with E-state index in [4.69, 9.17) is 5.26 Å². The Morgan fingerprint density at radius 1 is 1.43 bits per heavy atom. The van der Waals surface area contributed by atoms with Crippen LogP contribution in [0.4, 0.5) is 5.82 Å². The predicted octanol–water partition coefficient (Wildman–Crippen LogP) is 2.07. The normalized spacial score (nSPS) is 12.9. The molecular formula is C14H22N4O2S. The van der Waals surface area contributed by atoms with E-state index in [9.17, 15) is 8.42 Å². The lowest BCUT2D eigenvalue weighted by Gasteiger charge is -2.21. The van der Waals surface area contributed by atoms with Gasteiger partial charge in [0, 0.05) is 25.8 Å². The molecule has 1 heterocycles. The summed E-state index contributed by atoms with van der Waals surface area (Å²) in [4.78, 5) is 4.27. The van der Waals surface area contributed by atoms with Gasteiger partial charge in [0.15, 0.2) is 0 Å². The van der Waals surface area contributed by atoms with E-state index in [0.29, 0.717) is 12.4 Å². The van der Waals surface area contributed by atoms with Gasteiger partial charge in [-0.05, 0) is 25.5 Å². The maximum atomic E-state index is 12.5. The molecule has 1 aromatic rings. The second-order valence-corrected chi connectivity index (χ2v) is 6.73. The molecule has 1 N–H and O–H groups in total. The number of sulfonamides is 1. The number of nitrogens with one attached hydrogen (secondary N) is 1. The smallest absolute Gasteiger partial charge is 0.244 e. The van der Waals surface area contributed by atoms with Gasteiger partial charge in [0.1, 0.15) is 10.7 Å². The van der Waals surface area contributed by atoms with Crippen molar-refractivity contribution < 1.29 is 8.42 Å². The molecule has 1 rings (SSSR count). The highest BCUT2D eigenvalue weighted by atomic mass is 32.2. The SMILES string of the molecule is CCCNc1ccc(S(=O)(=O)N(CC)CC(C)C#N)cn1. The Labute approximate surface area is 126 Å². The first-order valence-electron chi connectivity index (χ1n) is 7.05. The number of hydrogen-bond acceptors (Lipinski definition) is 5. The summed E-state index contributed by atoms with van der Waals surface area (Å²) in [6, 6.07) is 5.25. The molecule has 0 spiro atoms. The molecule has 0 saturated heterocycles. The maximum Gasteiger partial charge on any atom is 0.244 e. The van der Waals surface area contributed by atoms with Gasteiger partial charge >= 0.3 is 0 Å². The molecule has 7 heteroatoms. The van der Waals surface area contributed by atoms with Gasteiger partial charge in [-0.2, -0.15) is 9.57 Å². The zero-order chi connectivity index (χ0) is 15.9. The Kier molecular flexibility index (Phi) is 6.59. The van der Waals surface area contributed by atoms with Crippen LogP contribution >= 0.6 is 0 Å². The van der Waals surface area contributed by atoms with Gasteiger partial charge < -0.3 is 5.32 Å². The highest BCUT2D eigenvalue weighted by molar-refractivity contribution is 7.89. The Morgan fingerprint density at radius 3 is 2.62 bits per heavy atom. The van der Waals surface area contributed by atoms with Crippen LogP contribution in [0.1, 0.15) is 27.2 Å². The van der Waals surface area contributed by atoms with Gasteiger partial charge in [0.05, 0.1) is 12.0 Å². The Morgan fingerprint density at radius 2 is 2.14 bits per heavy atom. The van der Waals surface area contributed by atoms with Gasteiger partial charge in [0.2, 0.25) is 10.0 Å². The maximum absolute atomic E-state index is 12.5. The first-order valence-corrected chi connectivity index (χ1v) is 8.49. The van der Waals surface area contributed by atoms with Crippen molar-refractivity contribution >= 4 is 15.8 Å². The number of pyridine rings is 1. The molecule has 21 heavy (non-hydrogen) atoms. The Balaban J connectivity index is 2.93. The van der Waals surface area contributed by atoms with E-state index in [1.54, 1.807) is 26.0 Å². The van der Waals surface area contributed by atoms with Crippen LogP contribution in [0.25, 0.3) is 0 Å². The second-order valence-electron chi connectivity index (χ2n) is 4.79. The van der Waals surface area contributed by atoms with Crippen LogP contribution in [0.15, 0.2) is 23.2 Å². The molecule has 0 aromatic carbocycles. The molecule has 1 unspecified atom stereocenters. The molecule has 6 nitrogen and oxygen atoms in total. The molecule has 1 atom stereocenters. The minimum atomic E-state index is -3.60. The number of rotatable bonds is 8. The zero-order valence-electron chi connectivity index (χ0n) is 12.7. The van der Waals surface area contributed by atoms with E-state index in [-0.39, 0.29) is 17.4 Å². The fraction of sp³-hybridized carbons (Fsp3) is 0.571. The summed E-state index contributed by atoms with van der Waals surface area (Å²) in [5.41, 5.74) is 0. The van der Waals surface area contributed by atoms with Crippen LogP contribution in [0.5, 0.6) is 0 Å². The molecule has 0 aliphatic rings. The molecule has 0 saturated carbocycles. The third-order valence-corrected chi connectivity index (χ3v) is 4.91. The van der Waals surface area contributed by atoms with E-state index < -0.39 is 10.0 Å². The lowest BCUT2D eigenvalue weighted by Crippen LogP contribution is -2.34. The second kappa shape index (κ2) is 7.96. The summed E-state index contributed by atoms with van der Waals surface area (Å²) in [5, 5.41) is 11.9. The van der Waals surface area contributed by atoms with E-state index in [2.05, 4.69) is 16.4 Å². The zero-order valence-corrected chi connectivity index (χ0v) is 13.5. The van der Waals surface area contributed by atoms with Crippen LogP contribution in [-0.2, 0) is 10.0 Å². The lowest BCUT2D eigenvalue weighted by atomic mass is 10.2. The number of nitrogens with zero attached hydrogens (tertiary/aromatic N) is 3. The third kappa shape index (κ3) is 4.69. The average Bonchev–Trinajstić information content (AvgIpc) is 2.50. The van der Waals surface area contributed by atoms with Crippen molar-refractivity contribution in [2.75, 3.05) is 25.0 Å². The van der Waals surface area contributed by atoms with E-state index in [1.165, 1.54) is 10.5 Å². The number of anilines is 1. The van der Waals surface area contributed by atoms with Crippen LogP contribution in [0.3, 0.4) is 0 Å². The third-order valence-electron chi connectivity index (χ3n) is 2.98. The predicted molar refractivity (Wildman–Crippen MR) is 82.2 cm³/mol. The topological polar surface area (TPSA) is 86.1 Å². The van der Waals surface area contributed by atoms with E-state index >= 15 is 0 Å². The molecule has 0 fully saturated rings. The molecular weight excluding hydrogens is 288 g/mol. The Hall–Kier alpha value is -1.65. The number of nitriles is 1. The van der Waals surface area contributed by atoms with Gasteiger partial charge in [0.25, 0.3) is 0 Å².